The van der Waals surface area contributed by atoms with Gasteiger partial charge in [0.05, 0.1) is 0 Å². The number of hydrogen-bond acceptors (Lipinski definition) is 2. The van der Waals surface area contributed by atoms with E-state index in [2.05, 4.69) is 0 Å². The van der Waals surface area contributed by atoms with Gasteiger partial charge in [0, 0.05) is 6.54 Å². The lowest BCUT2D eigenvalue weighted by molar-refractivity contribution is -0.178. The third-order valence-electron chi connectivity index (χ3n) is 2.95. The van der Waals surface area contributed by atoms with Crippen molar-refractivity contribution in [1.82, 2.24) is 0 Å². The first-order valence-electron chi connectivity index (χ1n) is 5.73. The summed E-state index contributed by atoms with van der Waals surface area (Å²) < 4.78 is 42.8. The molecule has 0 spiro atoms. The summed E-state index contributed by atoms with van der Waals surface area (Å²) in [5.41, 5.74) is 7.94. The maximum Gasteiger partial charge on any atom is 0.396 e. The summed E-state index contributed by atoms with van der Waals surface area (Å²) in [5, 5.41) is 0. The zero-order valence-electron chi connectivity index (χ0n) is 10.8. The van der Waals surface area contributed by atoms with Gasteiger partial charge in [-0.25, -0.2) is 0 Å². The van der Waals surface area contributed by atoms with Crippen LogP contribution in [-0.4, -0.2) is 19.3 Å². The van der Waals surface area contributed by atoms with Crippen molar-refractivity contribution < 1.29 is 17.9 Å². The quantitative estimate of drug-likeness (QED) is 0.903. The Morgan fingerprint density at radius 3 is 2.33 bits per heavy atom. The molecule has 0 aliphatic rings. The normalized spacial score (nSPS) is 13.5. The number of benzene rings is 1. The third-order valence-corrected chi connectivity index (χ3v) is 2.95. The van der Waals surface area contributed by atoms with E-state index in [-0.39, 0.29) is 0 Å². The first kappa shape index (κ1) is 14.8. The molecule has 0 aliphatic heterocycles. The lowest BCUT2D eigenvalue weighted by Gasteiger charge is -2.20. The zero-order chi connectivity index (χ0) is 13.9. The summed E-state index contributed by atoms with van der Waals surface area (Å²) in [6.45, 7) is 4.70. The predicted octanol–water partition coefficient (Wildman–Crippen LogP) is 3.13. The lowest BCUT2D eigenvalue weighted by atomic mass is 10.1. The van der Waals surface area contributed by atoms with Crippen LogP contribution in [0.4, 0.5) is 13.2 Å². The maximum absolute atomic E-state index is 12.5. The Labute approximate surface area is 105 Å². The largest absolute Gasteiger partial charge is 0.493 e. The monoisotopic (exact) mass is 261 g/mol. The molecule has 0 amide bonds. The number of ether oxygens (including phenoxy) is 1. The second kappa shape index (κ2) is 5.61. The smallest absolute Gasteiger partial charge is 0.396 e. The van der Waals surface area contributed by atoms with Crippen LogP contribution in [-0.2, 0) is 0 Å². The highest BCUT2D eigenvalue weighted by Gasteiger charge is 2.39. The van der Waals surface area contributed by atoms with Gasteiger partial charge in [-0.3, -0.25) is 0 Å². The van der Waals surface area contributed by atoms with E-state index in [4.69, 9.17) is 10.5 Å². The van der Waals surface area contributed by atoms with Crippen LogP contribution >= 0.6 is 0 Å². The molecule has 0 heterocycles. The molecule has 0 saturated carbocycles. The van der Waals surface area contributed by atoms with Crippen LogP contribution in [0.5, 0.6) is 5.75 Å². The molecule has 0 bridgehead atoms. The molecular formula is C13H18F3NO. The highest BCUT2D eigenvalue weighted by molar-refractivity contribution is 5.41. The lowest BCUT2D eigenvalue weighted by Crippen LogP contribution is -2.35. The fourth-order valence-electron chi connectivity index (χ4n) is 1.64. The van der Waals surface area contributed by atoms with Crippen molar-refractivity contribution in [3.8, 4) is 5.75 Å². The minimum absolute atomic E-state index is 0.441. The van der Waals surface area contributed by atoms with Crippen molar-refractivity contribution in [3.05, 3.63) is 28.8 Å². The van der Waals surface area contributed by atoms with Crippen LogP contribution in [0.3, 0.4) is 0 Å². The molecule has 2 N–H and O–H groups in total. The van der Waals surface area contributed by atoms with E-state index in [0.717, 1.165) is 16.7 Å². The summed E-state index contributed by atoms with van der Waals surface area (Å²) in [7, 11) is 0. The summed E-state index contributed by atoms with van der Waals surface area (Å²) in [6, 6.07) is 3.71. The molecule has 1 unspecified atom stereocenters. The van der Waals surface area contributed by atoms with Gasteiger partial charge in [-0.1, -0.05) is 6.07 Å². The van der Waals surface area contributed by atoms with Crippen LogP contribution in [0, 0.1) is 26.7 Å². The van der Waals surface area contributed by atoms with Gasteiger partial charge in [0.15, 0.2) is 0 Å². The maximum atomic E-state index is 12.5. The molecule has 0 aliphatic carbocycles. The molecule has 0 aromatic heterocycles. The SMILES string of the molecule is Cc1cc(C)c(C)c(OCC(CN)C(F)(F)F)c1. The second-order valence-electron chi connectivity index (χ2n) is 4.49. The van der Waals surface area contributed by atoms with Crippen molar-refractivity contribution >= 4 is 0 Å². The minimum Gasteiger partial charge on any atom is -0.493 e. The Hall–Kier alpha value is -1.23. The van der Waals surface area contributed by atoms with E-state index in [1.165, 1.54) is 0 Å². The van der Waals surface area contributed by atoms with Gasteiger partial charge < -0.3 is 10.5 Å². The Balaban J connectivity index is 2.80. The zero-order valence-corrected chi connectivity index (χ0v) is 10.8. The number of alkyl halides is 3. The molecule has 0 saturated heterocycles. The summed E-state index contributed by atoms with van der Waals surface area (Å²) in [5.74, 6) is -1.13. The van der Waals surface area contributed by atoms with E-state index in [9.17, 15) is 13.2 Å². The summed E-state index contributed by atoms with van der Waals surface area (Å²) in [6.07, 6.45) is -4.32. The third kappa shape index (κ3) is 3.63. The minimum atomic E-state index is -4.32. The average molecular weight is 261 g/mol. The van der Waals surface area contributed by atoms with Gasteiger partial charge >= 0.3 is 6.18 Å². The molecule has 1 rings (SSSR count). The molecule has 1 aromatic rings. The van der Waals surface area contributed by atoms with Crippen LogP contribution in [0.15, 0.2) is 12.1 Å². The van der Waals surface area contributed by atoms with Crippen LogP contribution in [0.1, 0.15) is 16.7 Å². The van der Waals surface area contributed by atoms with Gasteiger partial charge in [-0.2, -0.15) is 13.2 Å². The summed E-state index contributed by atoms with van der Waals surface area (Å²) >= 11 is 0. The van der Waals surface area contributed by atoms with Crippen molar-refractivity contribution in [2.24, 2.45) is 11.7 Å². The van der Waals surface area contributed by atoms with E-state index in [0.29, 0.717) is 5.75 Å². The van der Waals surface area contributed by atoms with Crippen molar-refractivity contribution in [1.29, 1.82) is 0 Å². The van der Waals surface area contributed by atoms with E-state index in [1.807, 2.05) is 26.8 Å². The molecular weight excluding hydrogens is 243 g/mol. The highest BCUT2D eigenvalue weighted by atomic mass is 19.4. The van der Waals surface area contributed by atoms with E-state index in [1.54, 1.807) is 6.07 Å². The van der Waals surface area contributed by atoms with Crippen molar-refractivity contribution in [2.75, 3.05) is 13.2 Å². The van der Waals surface area contributed by atoms with Gasteiger partial charge in [-0.05, 0) is 43.5 Å². The Morgan fingerprint density at radius 1 is 1.22 bits per heavy atom. The first-order chi connectivity index (χ1) is 8.25. The molecule has 1 atom stereocenters. The fraction of sp³-hybridized carbons (Fsp3) is 0.538. The van der Waals surface area contributed by atoms with Crippen LogP contribution in [0.25, 0.3) is 0 Å². The molecule has 102 valence electrons. The Morgan fingerprint density at radius 2 is 1.83 bits per heavy atom. The van der Waals surface area contributed by atoms with E-state index < -0.39 is 25.2 Å². The molecule has 2 nitrogen and oxygen atoms in total. The molecule has 18 heavy (non-hydrogen) atoms. The number of nitrogens with two attached hydrogens (primary N) is 1. The van der Waals surface area contributed by atoms with Crippen molar-refractivity contribution in [2.45, 2.75) is 26.9 Å². The van der Waals surface area contributed by atoms with Gasteiger partial charge in [0.1, 0.15) is 18.3 Å². The Kier molecular flexibility index (Phi) is 4.62. The topological polar surface area (TPSA) is 35.2 Å². The molecule has 5 heteroatoms. The van der Waals surface area contributed by atoms with Gasteiger partial charge in [0.2, 0.25) is 0 Å². The first-order valence-corrected chi connectivity index (χ1v) is 5.73. The Bertz CT molecular complexity index is 415. The van der Waals surface area contributed by atoms with Crippen LogP contribution < -0.4 is 10.5 Å². The predicted molar refractivity (Wildman–Crippen MR) is 64.7 cm³/mol. The fourth-order valence-corrected chi connectivity index (χ4v) is 1.64. The average Bonchev–Trinajstić information content (AvgIpc) is 2.23. The van der Waals surface area contributed by atoms with E-state index >= 15 is 0 Å². The summed E-state index contributed by atoms with van der Waals surface area (Å²) in [4.78, 5) is 0. The second-order valence-corrected chi connectivity index (χ2v) is 4.49. The number of aryl methyl sites for hydroxylation is 2. The van der Waals surface area contributed by atoms with Gasteiger partial charge in [0.25, 0.3) is 0 Å². The highest BCUT2D eigenvalue weighted by Crippen LogP contribution is 2.28. The molecule has 0 radical (unpaired) electrons. The number of hydrogen-bond donors (Lipinski definition) is 1. The van der Waals surface area contributed by atoms with Crippen LogP contribution in [0.2, 0.25) is 0 Å². The van der Waals surface area contributed by atoms with Crippen molar-refractivity contribution in [3.63, 3.8) is 0 Å². The molecule has 1 aromatic carbocycles. The number of rotatable bonds is 4. The molecule has 0 fully saturated rings. The number of halogens is 3. The van der Waals surface area contributed by atoms with Gasteiger partial charge in [-0.15, -0.1) is 0 Å². The standard InChI is InChI=1S/C13H18F3NO/c1-8-4-9(2)10(3)12(5-8)18-7-11(6-17)13(14,15)16/h4-5,11H,6-7,17H2,1-3H3.